The minimum atomic E-state index is -0.337. The number of halogens is 1. The first-order valence-electron chi connectivity index (χ1n) is 11.2. The summed E-state index contributed by atoms with van der Waals surface area (Å²) >= 11 is 0. The van der Waals surface area contributed by atoms with Crippen LogP contribution >= 0.6 is 0 Å². The molecule has 0 radical (unpaired) electrons. The molecule has 1 saturated heterocycles. The van der Waals surface area contributed by atoms with Gasteiger partial charge in [-0.3, -0.25) is 9.69 Å². The zero-order valence-electron chi connectivity index (χ0n) is 18.1. The van der Waals surface area contributed by atoms with Crippen molar-refractivity contribution in [1.29, 1.82) is 0 Å². The van der Waals surface area contributed by atoms with Crippen LogP contribution in [0.2, 0.25) is 0 Å². The lowest BCUT2D eigenvalue weighted by molar-refractivity contribution is -0.117. The van der Waals surface area contributed by atoms with E-state index in [1.165, 1.54) is 25.0 Å². The van der Waals surface area contributed by atoms with Crippen molar-refractivity contribution in [3.8, 4) is 11.4 Å². The lowest BCUT2D eigenvalue weighted by Crippen LogP contribution is -2.40. The third kappa shape index (κ3) is 4.57. The first-order valence-corrected chi connectivity index (χ1v) is 11.2. The lowest BCUT2D eigenvalue weighted by Gasteiger charge is -2.30. The third-order valence-corrected chi connectivity index (χ3v) is 6.37. The molecule has 2 aromatic heterocycles. The Balaban J connectivity index is 1.20. The van der Waals surface area contributed by atoms with Crippen molar-refractivity contribution in [2.45, 2.75) is 44.6 Å². The summed E-state index contributed by atoms with van der Waals surface area (Å²) in [4.78, 5) is 19.3. The zero-order chi connectivity index (χ0) is 22.1. The average Bonchev–Trinajstić information content (AvgIpc) is 3.33. The number of nitrogens with one attached hydrogen (secondary N) is 1. The number of hydrogen-bond donors (Lipinski definition) is 1. The molecule has 32 heavy (non-hydrogen) atoms. The highest BCUT2D eigenvalue weighted by Gasteiger charge is 2.31. The Morgan fingerprint density at radius 1 is 1.31 bits per heavy atom. The van der Waals surface area contributed by atoms with Gasteiger partial charge in [-0.1, -0.05) is 17.3 Å². The van der Waals surface area contributed by atoms with Gasteiger partial charge in [-0.2, -0.15) is 10.1 Å². The van der Waals surface area contributed by atoms with Crippen LogP contribution in [-0.4, -0.2) is 50.4 Å². The molecule has 3 aromatic rings. The summed E-state index contributed by atoms with van der Waals surface area (Å²) in [6, 6.07) is 8.30. The van der Waals surface area contributed by atoms with Crippen molar-refractivity contribution in [1.82, 2.24) is 24.8 Å². The Hall–Kier alpha value is -3.07. The maximum absolute atomic E-state index is 13.5. The normalized spacial score (nSPS) is 20.2. The Morgan fingerprint density at radius 2 is 2.19 bits per heavy atom. The molecule has 2 atom stereocenters. The van der Waals surface area contributed by atoms with Crippen LogP contribution < -0.4 is 5.32 Å². The SMILES string of the molecule is CC(C1CC1)n1nccc1NC(=O)CN1CCCC(c2nc(-c3cccc(F)c3)no2)C1. The number of carbonyl (C=O) groups excluding carboxylic acids is 1. The van der Waals surface area contributed by atoms with Gasteiger partial charge in [0, 0.05) is 18.2 Å². The number of amides is 1. The zero-order valence-corrected chi connectivity index (χ0v) is 18.1. The van der Waals surface area contributed by atoms with Gasteiger partial charge in [0.2, 0.25) is 17.6 Å². The second-order valence-corrected chi connectivity index (χ2v) is 8.83. The van der Waals surface area contributed by atoms with Crippen LogP contribution in [0.15, 0.2) is 41.1 Å². The lowest BCUT2D eigenvalue weighted by atomic mass is 9.98. The summed E-state index contributed by atoms with van der Waals surface area (Å²) in [5.74, 6) is 1.97. The van der Waals surface area contributed by atoms with Crippen LogP contribution in [-0.2, 0) is 4.79 Å². The Morgan fingerprint density at radius 3 is 3.00 bits per heavy atom. The first kappa shape index (κ1) is 20.8. The van der Waals surface area contributed by atoms with E-state index < -0.39 is 0 Å². The predicted molar refractivity (Wildman–Crippen MR) is 116 cm³/mol. The second kappa shape index (κ2) is 8.82. The number of hydrogen-bond acceptors (Lipinski definition) is 6. The van der Waals surface area contributed by atoms with Crippen molar-refractivity contribution in [2.24, 2.45) is 5.92 Å². The number of benzene rings is 1. The van der Waals surface area contributed by atoms with Gasteiger partial charge in [-0.15, -0.1) is 0 Å². The molecule has 1 aliphatic heterocycles. The fourth-order valence-corrected chi connectivity index (χ4v) is 4.45. The minimum absolute atomic E-state index is 0.0479. The Kier molecular flexibility index (Phi) is 5.73. The monoisotopic (exact) mass is 438 g/mol. The molecule has 5 rings (SSSR count). The van der Waals surface area contributed by atoms with Crippen LogP contribution in [0.25, 0.3) is 11.4 Å². The fraction of sp³-hybridized carbons (Fsp3) is 0.478. The molecule has 2 unspecified atom stereocenters. The molecule has 1 N–H and O–H groups in total. The van der Waals surface area contributed by atoms with E-state index in [9.17, 15) is 9.18 Å². The number of anilines is 1. The van der Waals surface area contributed by atoms with Crippen LogP contribution in [0.1, 0.15) is 50.5 Å². The summed E-state index contributed by atoms with van der Waals surface area (Å²) in [5, 5.41) is 11.4. The maximum atomic E-state index is 13.5. The molecule has 2 fully saturated rings. The van der Waals surface area contributed by atoms with Crippen molar-refractivity contribution >= 4 is 11.7 Å². The second-order valence-electron chi connectivity index (χ2n) is 8.83. The van der Waals surface area contributed by atoms with Crippen molar-refractivity contribution < 1.29 is 13.7 Å². The van der Waals surface area contributed by atoms with Gasteiger partial charge in [0.25, 0.3) is 0 Å². The molecule has 2 aliphatic rings. The van der Waals surface area contributed by atoms with E-state index in [2.05, 4.69) is 32.4 Å². The van der Waals surface area contributed by atoms with Gasteiger partial charge in [-0.25, -0.2) is 9.07 Å². The van der Waals surface area contributed by atoms with Gasteiger partial charge >= 0.3 is 0 Å². The molecule has 9 heteroatoms. The number of likely N-dealkylation sites (tertiary alicyclic amines) is 1. The van der Waals surface area contributed by atoms with Crippen LogP contribution in [0.3, 0.4) is 0 Å². The van der Waals surface area contributed by atoms with Crippen molar-refractivity contribution in [2.75, 3.05) is 25.0 Å². The summed E-state index contributed by atoms with van der Waals surface area (Å²) in [6.07, 6.45) is 6.03. The van der Waals surface area contributed by atoms with E-state index in [0.717, 1.165) is 25.2 Å². The van der Waals surface area contributed by atoms with Gasteiger partial charge in [0.15, 0.2) is 0 Å². The maximum Gasteiger partial charge on any atom is 0.239 e. The summed E-state index contributed by atoms with van der Waals surface area (Å²) in [7, 11) is 0. The molecule has 1 aromatic carbocycles. The number of rotatable bonds is 7. The molecule has 168 valence electrons. The summed E-state index contributed by atoms with van der Waals surface area (Å²) < 4.78 is 20.9. The van der Waals surface area contributed by atoms with Crippen LogP contribution in [0.5, 0.6) is 0 Å². The topological polar surface area (TPSA) is 89.1 Å². The van der Waals surface area contributed by atoms with Crippen molar-refractivity contribution in [3.05, 3.63) is 48.2 Å². The molecule has 1 aliphatic carbocycles. The highest BCUT2D eigenvalue weighted by Crippen LogP contribution is 2.40. The van der Waals surface area contributed by atoms with E-state index in [4.69, 9.17) is 4.52 Å². The van der Waals surface area contributed by atoms with E-state index >= 15 is 0 Å². The fourth-order valence-electron chi connectivity index (χ4n) is 4.45. The Bertz CT molecular complexity index is 1090. The van der Waals surface area contributed by atoms with Gasteiger partial charge in [0.1, 0.15) is 11.6 Å². The summed E-state index contributed by atoms with van der Waals surface area (Å²) in [5.41, 5.74) is 0.587. The standard InChI is InChI=1S/C23H27FN6O2/c1-15(16-7-8-16)30-20(9-10-25-30)26-21(31)14-29-11-3-5-18(13-29)23-27-22(28-32-23)17-4-2-6-19(24)12-17/h2,4,6,9-10,12,15-16,18H,3,5,7-8,11,13-14H2,1H3,(H,26,31). The number of aromatic nitrogens is 4. The van der Waals surface area contributed by atoms with Gasteiger partial charge in [-0.05, 0) is 57.2 Å². The van der Waals surface area contributed by atoms with E-state index in [1.807, 2.05) is 10.7 Å². The van der Waals surface area contributed by atoms with E-state index in [-0.39, 0.29) is 17.6 Å². The third-order valence-electron chi connectivity index (χ3n) is 6.37. The number of carbonyl (C=O) groups is 1. The number of nitrogens with zero attached hydrogens (tertiary/aromatic N) is 5. The van der Waals surface area contributed by atoms with E-state index in [1.54, 1.807) is 18.3 Å². The largest absolute Gasteiger partial charge is 0.339 e. The van der Waals surface area contributed by atoms with Gasteiger partial charge < -0.3 is 9.84 Å². The molecular formula is C23H27FN6O2. The Labute approximate surface area is 185 Å². The molecule has 3 heterocycles. The molecule has 1 amide bonds. The molecule has 0 bridgehead atoms. The average molecular weight is 439 g/mol. The first-order chi connectivity index (χ1) is 15.6. The highest BCUT2D eigenvalue weighted by atomic mass is 19.1. The number of piperidine rings is 1. The van der Waals surface area contributed by atoms with Crippen LogP contribution in [0.4, 0.5) is 10.2 Å². The molecular weight excluding hydrogens is 411 g/mol. The van der Waals surface area contributed by atoms with Gasteiger partial charge in [0.05, 0.1) is 24.7 Å². The van der Waals surface area contributed by atoms with E-state index in [0.29, 0.717) is 42.3 Å². The minimum Gasteiger partial charge on any atom is -0.339 e. The molecule has 8 nitrogen and oxygen atoms in total. The predicted octanol–water partition coefficient (Wildman–Crippen LogP) is 3.86. The highest BCUT2D eigenvalue weighted by molar-refractivity contribution is 5.91. The van der Waals surface area contributed by atoms with Crippen LogP contribution in [0, 0.1) is 11.7 Å². The quantitative estimate of drug-likeness (QED) is 0.603. The summed E-state index contributed by atoms with van der Waals surface area (Å²) in [6.45, 7) is 3.95. The molecule has 1 saturated carbocycles. The smallest absolute Gasteiger partial charge is 0.239 e. The molecule has 0 spiro atoms. The van der Waals surface area contributed by atoms with Crippen molar-refractivity contribution in [3.63, 3.8) is 0 Å².